The molecule has 0 saturated carbocycles. The Morgan fingerprint density at radius 3 is 2.66 bits per heavy atom. The summed E-state index contributed by atoms with van der Waals surface area (Å²) in [5.74, 6) is -0.985. The van der Waals surface area contributed by atoms with Crippen molar-refractivity contribution >= 4 is 38.4 Å². The summed E-state index contributed by atoms with van der Waals surface area (Å²) in [5, 5.41) is 0.819. The van der Waals surface area contributed by atoms with E-state index in [1.807, 2.05) is 18.2 Å². The summed E-state index contributed by atoms with van der Waals surface area (Å²) >= 11 is 0. The van der Waals surface area contributed by atoms with E-state index >= 15 is 0 Å². The first-order valence-corrected chi connectivity index (χ1v) is 10.9. The number of carbonyl (C=O) groups is 2. The number of hydrogen-bond acceptors (Lipinski definition) is 6. The highest BCUT2D eigenvalue weighted by Crippen LogP contribution is 2.31. The number of anilines is 1. The van der Waals surface area contributed by atoms with Gasteiger partial charge in [-0.25, -0.2) is 13.2 Å². The number of sulfonamides is 1. The Morgan fingerprint density at radius 1 is 1.17 bits per heavy atom. The second-order valence-electron chi connectivity index (χ2n) is 6.98. The molecule has 1 aliphatic rings. The highest BCUT2D eigenvalue weighted by molar-refractivity contribution is 7.92. The topological polar surface area (TPSA) is 93.9 Å². The standard InChI is InChI=1S/C21H19NO6S/c1-13-16-5-3-4-6-19(16)28-20(13)21(24)27-12-18(23)15-7-8-17-14(11-15)9-10-22(17)29(2,25)26/h3-8,11H,9-10,12H2,1-2H3. The average molecular weight is 413 g/mol. The highest BCUT2D eigenvalue weighted by Gasteiger charge is 2.27. The maximum atomic E-state index is 12.5. The second-order valence-corrected chi connectivity index (χ2v) is 8.89. The van der Waals surface area contributed by atoms with E-state index in [2.05, 4.69) is 0 Å². The van der Waals surface area contributed by atoms with Crippen LogP contribution in [0, 0.1) is 6.92 Å². The van der Waals surface area contributed by atoms with Crippen molar-refractivity contribution in [1.82, 2.24) is 0 Å². The van der Waals surface area contributed by atoms with E-state index in [1.54, 1.807) is 31.2 Å². The van der Waals surface area contributed by atoms with Crippen LogP contribution in [0.5, 0.6) is 0 Å². The van der Waals surface area contributed by atoms with Crippen molar-refractivity contribution in [3.05, 3.63) is 64.9 Å². The number of para-hydroxylation sites is 1. The van der Waals surface area contributed by atoms with E-state index in [1.165, 1.54) is 4.31 Å². The average Bonchev–Trinajstić information content (AvgIpc) is 3.27. The van der Waals surface area contributed by atoms with Crippen LogP contribution in [0.4, 0.5) is 5.69 Å². The SMILES string of the molecule is Cc1c(C(=O)OCC(=O)c2ccc3c(c2)CCN3S(C)(=O)=O)oc2ccccc12. The zero-order valence-electron chi connectivity index (χ0n) is 16.0. The molecule has 0 unspecified atom stereocenters. The predicted molar refractivity (Wildman–Crippen MR) is 108 cm³/mol. The number of ether oxygens (including phenoxy) is 1. The molecule has 3 aromatic rings. The lowest BCUT2D eigenvalue weighted by Gasteiger charge is -2.16. The van der Waals surface area contributed by atoms with Crippen LogP contribution < -0.4 is 4.31 Å². The van der Waals surface area contributed by atoms with Crippen molar-refractivity contribution in [3.8, 4) is 0 Å². The minimum Gasteiger partial charge on any atom is -0.451 e. The number of fused-ring (bicyclic) bond motifs is 2. The lowest BCUT2D eigenvalue weighted by molar-refractivity contribution is 0.0445. The smallest absolute Gasteiger partial charge is 0.375 e. The second kappa shape index (κ2) is 7.04. The molecule has 0 bridgehead atoms. The number of furan rings is 1. The van der Waals surface area contributed by atoms with E-state index in [0.29, 0.717) is 35.4 Å². The fourth-order valence-electron chi connectivity index (χ4n) is 3.54. The summed E-state index contributed by atoms with van der Waals surface area (Å²) in [6, 6.07) is 12.1. The fourth-order valence-corrected chi connectivity index (χ4v) is 4.50. The van der Waals surface area contributed by atoms with Crippen molar-refractivity contribution < 1.29 is 27.2 Å². The molecule has 4 rings (SSSR count). The molecule has 2 heterocycles. The third-order valence-corrected chi connectivity index (χ3v) is 6.20. The van der Waals surface area contributed by atoms with Gasteiger partial charge >= 0.3 is 5.97 Å². The Bertz CT molecular complexity index is 1240. The van der Waals surface area contributed by atoms with Crippen molar-refractivity contribution in [2.24, 2.45) is 0 Å². The zero-order valence-corrected chi connectivity index (χ0v) is 16.8. The van der Waals surface area contributed by atoms with E-state index in [4.69, 9.17) is 9.15 Å². The molecule has 1 aromatic heterocycles. The van der Waals surface area contributed by atoms with Crippen molar-refractivity contribution in [2.45, 2.75) is 13.3 Å². The molecule has 8 heteroatoms. The quantitative estimate of drug-likeness (QED) is 0.471. The molecule has 29 heavy (non-hydrogen) atoms. The minimum absolute atomic E-state index is 0.0803. The Morgan fingerprint density at radius 2 is 1.93 bits per heavy atom. The van der Waals surface area contributed by atoms with E-state index in [0.717, 1.165) is 17.2 Å². The maximum absolute atomic E-state index is 12.5. The molecule has 1 aliphatic heterocycles. The third-order valence-electron chi connectivity index (χ3n) is 5.02. The number of aryl methyl sites for hydroxylation is 1. The van der Waals surface area contributed by atoms with Crippen molar-refractivity contribution in [1.29, 1.82) is 0 Å². The van der Waals surface area contributed by atoms with Gasteiger partial charge in [0.05, 0.1) is 11.9 Å². The van der Waals surface area contributed by atoms with Crippen LogP contribution in [0.2, 0.25) is 0 Å². The van der Waals surface area contributed by atoms with Gasteiger partial charge in [-0.2, -0.15) is 0 Å². The number of hydrogen-bond donors (Lipinski definition) is 0. The lowest BCUT2D eigenvalue weighted by atomic mass is 10.1. The summed E-state index contributed by atoms with van der Waals surface area (Å²) in [4.78, 5) is 24.8. The largest absolute Gasteiger partial charge is 0.451 e. The van der Waals surface area contributed by atoms with Gasteiger partial charge < -0.3 is 9.15 Å². The molecule has 0 atom stereocenters. The van der Waals surface area contributed by atoms with Gasteiger partial charge in [-0.05, 0) is 43.2 Å². The summed E-state index contributed by atoms with van der Waals surface area (Å²) in [5.41, 5.74) is 2.97. The van der Waals surface area contributed by atoms with Crippen LogP contribution >= 0.6 is 0 Å². The first kappa shape index (κ1) is 19.2. The van der Waals surface area contributed by atoms with E-state index in [-0.39, 0.29) is 11.5 Å². The van der Waals surface area contributed by atoms with Crippen LogP contribution in [-0.4, -0.2) is 39.6 Å². The van der Waals surface area contributed by atoms with Gasteiger partial charge in [-0.1, -0.05) is 18.2 Å². The molecule has 0 aliphatic carbocycles. The normalized spacial score (nSPS) is 13.5. The molecular formula is C21H19NO6S. The first-order valence-electron chi connectivity index (χ1n) is 9.05. The molecule has 2 aromatic carbocycles. The lowest BCUT2D eigenvalue weighted by Crippen LogP contribution is -2.27. The number of ketones is 1. The van der Waals surface area contributed by atoms with Crippen LogP contribution in [0.25, 0.3) is 11.0 Å². The Balaban J connectivity index is 1.47. The van der Waals surface area contributed by atoms with Gasteiger partial charge in [0.25, 0.3) is 0 Å². The van der Waals surface area contributed by atoms with Gasteiger partial charge in [0, 0.05) is 23.1 Å². The van der Waals surface area contributed by atoms with Crippen LogP contribution in [0.15, 0.2) is 46.9 Å². The minimum atomic E-state index is -3.35. The monoisotopic (exact) mass is 413 g/mol. The van der Waals surface area contributed by atoms with E-state index in [9.17, 15) is 18.0 Å². The summed E-state index contributed by atoms with van der Waals surface area (Å²) < 4.78 is 35.7. The Hall–Kier alpha value is -3.13. The van der Waals surface area contributed by atoms with Crippen molar-refractivity contribution in [3.63, 3.8) is 0 Å². The van der Waals surface area contributed by atoms with Gasteiger partial charge in [0.15, 0.2) is 12.4 Å². The molecule has 0 saturated heterocycles. The van der Waals surface area contributed by atoms with Gasteiger partial charge in [-0.3, -0.25) is 9.10 Å². The molecule has 150 valence electrons. The molecule has 0 radical (unpaired) electrons. The number of benzene rings is 2. The number of carbonyl (C=O) groups excluding carboxylic acids is 2. The van der Waals surface area contributed by atoms with Gasteiger partial charge in [0.1, 0.15) is 5.58 Å². The summed E-state index contributed by atoms with van der Waals surface area (Å²) in [7, 11) is -3.35. The van der Waals surface area contributed by atoms with Gasteiger partial charge in [0.2, 0.25) is 15.8 Å². The molecular weight excluding hydrogens is 394 g/mol. The Kier molecular flexibility index (Phi) is 4.66. The van der Waals surface area contributed by atoms with Gasteiger partial charge in [-0.15, -0.1) is 0 Å². The summed E-state index contributed by atoms with van der Waals surface area (Å²) in [6.45, 7) is 1.69. The van der Waals surface area contributed by atoms with Crippen LogP contribution in [-0.2, 0) is 21.2 Å². The number of rotatable bonds is 5. The summed E-state index contributed by atoms with van der Waals surface area (Å²) in [6.07, 6.45) is 1.68. The van der Waals surface area contributed by atoms with Crippen molar-refractivity contribution in [2.75, 3.05) is 23.7 Å². The molecule has 0 N–H and O–H groups in total. The first-order chi connectivity index (χ1) is 13.8. The maximum Gasteiger partial charge on any atom is 0.375 e. The van der Waals surface area contributed by atoms with Crippen LogP contribution in [0.3, 0.4) is 0 Å². The number of Topliss-reactive ketones (excluding diaryl/α,β-unsaturated/α-hetero) is 1. The van der Waals surface area contributed by atoms with Crippen LogP contribution in [0.1, 0.15) is 32.0 Å². The molecule has 0 amide bonds. The third kappa shape index (κ3) is 3.51. The van der Waals surface area contributed by atoms with E-state index < -0.39 is 22.6 Å². The number of nitrogens with zero attached hydrogens (tertiary/aromatic N) is 1. The number of esters is 1. The molecule has 7 nitrogen and oxygen atoms in total. The highest BCUT2D eigenvalue weighted by atomic mass is 32.2. The molecule has 0 fully saturated rings. The molecule has 0 spiro atoms. The fraction of sp³-hybridized carbons (Fsp3) is 0.238. The Labute approximate surface area is 167 Å². The zero-order chi connectivity index (χ0) is 20.8. The predicted octanol–water partition coefficient (Wildman–Crippen LogP) is 3.10.